The highest BCUT2D eigenvalue weighted by Crippen LogP contribution is 2.29. The van der Waals surface area contributed by atoms with Gasteiger partial charge in [0.2, 0.25) is 5.91 Å². The van der Waals surface area contributed by atoms with Crippen LogP contribution in [0.25, 0.3) is 0 Å². The minimum absolute atomic E-state index is 0.0298. The van der Waals surface area contributed by atoms with Gasteiger partial charge in [-0.3, -0.25) is 4.79 Å². The Hall–Kier alpha value is -1.39. The quantitative estimate of drug-likeness (QED) is 0.860. The minimum Gasteiger partial charge on any atom is -0.386 e. The Morgan fingerprint density at radius 1 is 1.40 bits per heavy atom. The van der Waals surface area contributed by atoms with E-state index in [1.165, 1.54) is 0 Å². The predicted molar refractivity (Wildman–Crippen MR) is 79.0 cm³/mol. The number of amides is 1. The molecule has 2 atom stereocenters. The number of carbonyl (C=O) groups is 1. The van der Waals surface area contributed by atoms with E-state index in [9.17, 15) is 9.90 Å². The number of likely N-dealkylation sites (tertiary alicyclic amines) is 1. The zero-order valence-corrected chi connectivity index (χ0v) is 12.2. The monoisotopic (exact) mass is 276 g/mol. The summed E-state index contributed by atoms with van der Waals surface area (Å²) >= 11 is 0. The molecule has 0 saturated carbocycles. The number of aliphatic hydroxyl groups is 1. The first kappa shape index (κ1) is 15.0. The van der Waals surface area contributed by atoms with E-state index in [2.05, 4.69) is 0 Å². The van der Waals surface area contributed by atoms with Gasteiger partial charge >= 0.3 is 0 Å². The molecule has 2 rings (SSSR count). The lowest BCUT2D eigenvalue weighted by Gasteiger charge is -2.47. The van der Waals surface area contributed by atoms with Gasteiger partial charge in [0.15, 0.2) is 0 Å². The summed E-state index contributed by atoms with van der Waals surface area (Å²) in [6.45, 7) is 4.77. The Kier molecular flexibility index (Phi) is 4.45. The Balaban J connectivity index is 1.94. The highest BCUT2D eigenvalue weighted by molar-refractivity contribution is 5.80. The van der Waals surface area contributed by atoms with Crippen LogP contribution in [0.5, 0.6) is 0 Å². The molecule has 0 bridgehead atoms. The Bertz CT molecular complexity index is 455. The second kappa shape index (κ2) is 5.94. The van der Waals surface area contributed by atoms with Crippen molar-refractivity contribution in [1.29, 1.82) is 0 Å². The average molecular weight is 276 g/mol. The standard InChI is InChI=1S/C16H24N2O2/c1-3-9-16(20)10-18(11-16)15(19)12(2)14(17)13-7-5-4-6-8-13/h4-8,12,14,20H,3,9-11,17H2,1-2H3. The van der Waals surface area contributed by atoms with Crippen molar-refractivity contribution < 1.29 is 9.90 Å². The molecular formula is C16H24N2O2. The average Bonchev–Trinajstić information content (AvgIpc) is 2.43. The van der Waals surface area contributed by atoms with Gasteiger partial charge in [-0.15, -0.1) is 0 Å². The third-order valence-electron chi connectivity index (χ3n) is 4.11. The molecule has 0 aromatic heterocycles. The summed E-state index contributed by atoms with van der Waals surface area (Å²) in [5.74, 6) is -0.245. The lowest BCUT2D eigenvalue weighted by atomic mass is 9.86. The Morgan fingerprint density at radius 3 is 2.55 bits per heavy atom. The molecule has 1 saturated heterocycles. The van der Waals surface area contributed by atoms with Crippen molar-refractivity contribution in [3.05, 3.63) is 35.9 Å². The summed E-state index contributed by atoms with van der Waals surface area (Å²) in [5.41, 5.74) is 6.46. The Morgan fingerprint density at radius 2 is 2.00 bits per heavy atom. The van der Waals surface area contributed by atoms with Gasteiger partial charge < -0.3 is 15.7 Å². The second-order valence-corrected chi connectivity index (χ2v) is 5.89. The van der Waals surface area contributed by atoms with Gasteiger partial charge in [-0.05, 0) is 12.0 Å². The molecule has 2 unspecified atom stereocenters. The maximum atomic E-state index is 12.4. The molecule has 1 fully saturated rings. The Labute approximate surface area is 120 Å². The van der Waals surface area contributed by atoms with E-state index >= 15 is 0 Å². The first-order chi connectivity index (χ1) is 9.47. The molecule has 4 heteroatoms. The molecule has 1 amide bonds. The van der Waals surface area contributed by atoms with Crippen LogP contribution in [0.15, 0.2) is 30.3 Å². The van der Waals surface area contributed by atoms with Crippen molar-refractivity contribution in [2.24, 2.45) is 11.7 Å². The minimum atomic E-state index is -0.680. The molecule has 4 nitrogen and oxygen atoms in total. The number of rotatable bonds is 5. The van der Waals surface area contributed by atoms with Crippen LogP contribution in [0, 0.1) is 5.92 Å². The van der Waals surface area contributed by atoms with Crippen LogP contribution in [-0.4, -0.2) is 34.6 Å². The van der Waals surface area contributed by atoms with Gasteiger partial charge in [-0.1, -0.05) is 50.6 Å². The van der Waals surface area contributed by atoms with Gasteiger partial charge in [-0.25, -0.2) is 0 Å². The molecular weight excluding hydrogens is 252 g/mol. The fraction of sp³-hybridized carbons (Fsp3) is 0.562. The number of carbonyl (C=O) groups excluding carboxylic acids is 1. The first-order valence-electron chi connectivity index (χ1n) is 7.28. The van der Waals surface area contributed by atoms with Crippen LogP contribution in [0.3, 0.4) is 0 Å². The number of nitrogens with two attached hydrogens (primary N) is 1. The fourth-order valence-corrected chi connectivity index (χ4v) is 2.85. The molecule has 1 aliphatic rings. The van der Waals surface area contributed by atoms with Crippen LogP contribution in [0.1, 0.15) is 38.3 Å². The van der Waals surface area contributed by atoms with E-state index in [0.29, 0.717) is 13.1 Å². The van der Waals surface area contributed by atoms with E-state index in [1.54, 1.807) is 4.90 Å². The molecule has 0 aliphatic carbocycles. The number of hydrogen-bond donors (Lipinski definition) is 2. The van der Waals surface area contributed by atoms with Crippen LogP contribution in [0.4, 0.5) is 0 Å². The SMILES string of the molecule is CCCC1(O)CN(C(=O)C(C)C(N)c2ccccc2)C1. The van der Waals surface area contributed by atoms with E-state index < -0.39 is 5.60 Å². The first-order valence-corrected chi connectivity index (χ1v) is 7.28. The van der Waals surface area contributed by atoms with Crippen molar-refractivity contribution >= 4 is 5.91 Å². The number of hydrogen-bond acceptors (Lipinski definition) is 3. The molecule has 3 N–H and O–H groups in total. The maximum Gasteiger partial charge on any atom is 0.227 e. The molecule has 20 heavy (non-hydrogen) atoms. The summed E-state index contributed by atoms with van der Waals surface area (Å²) < 4.78 is 0. The lowest BCUT2D eigenvalue weighted by molar-refractivity contribution is -0.160. The van der Waals surface area contributed by atoms with E-state index in [4.69, 9.17) is 5.73 Å². The van der Waals surface area contributed by atoms with Gasteiger partial charge in [0, 0.05) is 6.04 Å². The van der Waals surface area contributed by atoms with Crippen LogP contribution < -0.4 is 5.73 Å². The van der Waals surface area contributed by atoms with Gasteiger partial charge in [0.05, 0.1) is 24.6 Å². The molecule has 1 aromatic carbocycles. The predicted octanol–water partition coefficient (Wildman–Crippen LogP) is 1.70. The summed E-state index contributed by atoms with van der Waals surface area (Å²) in [6, 6.07) is 9.37. The van der Waals surface area contributed by atoms with Gasteiger partial charge in [0.25, 0.3) is 0 Å². The zero-order chi connectivity index (χ0) is 14.8. The number of benzene rings is 1. The third-order valence-corrected chi connectivity index (χ3v) is 4.11. The van der Waals surface area contributed by atoms with E-state index in [0.717, 1.165) is 18.4 Å². The van der Waals surface area contributed by atoms with Gasteiger partial charge in [-0.2, -0.15) is 0 Å². The largest absolute Gasteiger partial charge is 0.386 e. The van der Waals surface area contributed by atoms with Crippen molar-refractivity contribution in [3.8, 4) is 0 Å². The highest BCUT2D eigenvalue weighted by Gasteiger charge is 2.44. The van der Waals surface area contributed by atoms with Crippen molar-refractivity contribution in [3.63, 3.8) is 0 Å². The van der Waals surface area contributed by atoms with Crippen LogP contribution in [0.2, 0.25) is 0 Å². The highest BCUT2D eigenvalue weighted by atomic mass is 16.3. The third kappa shape index (κ3) is 3.02. The van der Waals surface area contributed by atoms with Gasteiger partial charge in [0.1, 0.15) is 0 Å². The topological polar surface area (TPSA) is 66.6 Å². The molecule has 0 radical (unpaired) electrons. The van der Waals surface area contributed by atoms with Crippen LogP contribution >= 0.6 is 0 Å². The van der Waals surface area contributed by atoms with Crippen LogP contribution in [-0.2, 0) is 4.79 Å². The summed E-state index contributed by atoms with van der Waals surface area (Å²) in [5, 5.41) is 10.1. The molecule has 110 valence electrons. The van der Waals surface area contributed by atoms with Crippen molar-refractivity contribution in [2.45, 2.75) is 38.3 Å². The van der Waals surface area contributed by atoms with E-state index in [-0.39, 0.29) is 17.9 Å². The second-order valence-electron chi connectivity index (χ2n) is 5.89. The summed E-state index contributed by atoms with van der Waals surface area (Å²) in [7, 11) is 0. The fourth-order valence-electron chi connectivity index (χ4n) is 2.85. The zero-order valence-electron chi connectivity index (χ0n) is 12.2. The number of β-amino-alcohol motifs (C(OH)–C–C–N with tert-alkyl or cyclic N) is 1. The normalized spacial score (nSPS) is 20.1. The van der Waals surface area contributed by atoms with Crippen molar-refractivity contribution in [1.82, 2.24) is 4.90 Å². The smallest absolute Gasteiger partial charge is 0.227 e. The molecule has 1 aliphatic heterocycles. The molecule has 1 heterocycles. The lowest BCUT2D eigenvalue weighted by Crippen LogP contribution is -2.64. The maximum absolute atomic E-state index is 12.4. The summed E-state index contributed by atoms with van der Waals surface area (Å²) in [4.78, 5) is 14.1. The molecule has 0 spiro atoms. The van der Waals surface area contributed by atoms with E-state index in [1.807, 2.05) is 44.2 Å². The molecule has 1 aromatic rings. The number of nitrogens with zero attached hydrogens (tertiary/aromatic N) is 1. The van der Waals surface area contributed by atoms with Crippen molar-refractivity contribution in [2.75, 3.05) is 13.1 Å². The summed E-state index contributed by atoms with van der Waals surface area (Å²) in [6.07, 6.45) is 1.67.